The van der Waals surface area contributed by atoms with Crippen molar-refractivity contribution in [2.24, 2.45) is 16.6 Å². The molecule has 0 aromatic heterocycles. The van der Waals surface area contributed by atoms with Gasteiger partial charge in [0.1, 0.15) is 17.6 Å². The summed E-state index contributed by atoms with van der Waals surface area (Å²) in [5.41, 5.74) is 6.89. The van der Waals surface area contributed by atoms with Crippen LogP contribution in [0.2, 0.25) is 0 Å². The molecule has 0 aromatic rings. The first kappa shape index (κ1) is 27.9. The Labute approximate surface area is 194 Å². The number of ether oxygens (including phenoxy) is 2. The SMILES string of the molecule is C/C=C1/C=CC=C(OC2CCOC2)/C1=N/C(C)NC1CCCCC1.C=C.CC(C)C(N)=O. The topological polar surface area (TPSA) is 85.9 Å². The number of amides is 1. The lowest BCUT2D eigenvalue weighted by molar-refractivity contribution is -0.120. The van der Waals surface area contributed by atoms with Gasteiger partial charge in [-0.05, 0) is 38.3 Å². The Morgan fingerprint density at radius 2 is 1.91 bits per heavy atom. The van der Waals surface area contributed by atoms with Crippen LogP contribution in [0, 0.1) is 5.92 Å². The molecule has 3 rings (SSSR count). The number of nitrogens with two attached hydrogens (primary N) is 1. The molecule has 0 aromatic carbocycles. The second-order valence-corrected chi connectivity index (χ2v) is 8.45. The summed E-state index contributed by atoms with van der Waals surface area (Å²) in [4.78, 5) is 14.9. The summed E-state index contributed by atoms with van der Waals surface area (Å²) >= 11 is 0. The van der Waals surface area contributed by atoms with Crippen LogP contribution < -0.4 is 11.1 Å². The molecule has 1 aliphatic heterocycles. The van der Waals surface area contributed by atoms with Gasteiger partial charge in [-0.15, -0.1) is 13.2 Å². The Morgan fingerprint density at radius 1 is 1.25 bits per heavy atom. The number of nitrogens with one attached hydrogen (secondary N) is 1. The summed E-state index contributed by atoms with van der Waals surface area (Å²) in [5, 5.41) is 3.68. The van der Waals surface area contributed by atoms with E-state index < -0.39 is 0 Å². The molecule has 2 unspecified atom stereocenters. The average Bonchev–Trinajstić information content (AvgIpc) is 3.30. The molecule has 1 heterocycles. The van der Waals surface area contributed by atoms with Crippen molar-refractivity contribution in [3.63, 3.8) is 0 Å². The fourth-order valence-electron chi connectivity index (χ4n) is 3.63. The number of nitrogens with zero attached hydrogens (tertiary/aromatic N) is 1. The molecule has 0 spiro atoms. The Kier molecular flexibility index (Phi) is 13.6. The third-order valence-corrected chi connectivity index (χ3v) is 5.50. The van der Waals surface area contributed by atoms with Gasteiger partial charge in [-0.25, -0.2) is 0 Å². The molecule has 2 aliphatic carbocycles. The van der Waals surface area contributed by atoms with Crippen LogP contribution in [-0.4, -0.2) is 43.1 Å². The maximum absolute atomic E-state index is 9.92. The van der Waals surface area contributed by atoms with Crippen molar-refractivity contribution in [3.8, 4) is 0 Å². The second-order valence-electron chi connectivity index (χ2n) is 8.45. The van der Waals surface area contributed by atoms with Crippen molar-refractivity contribution in [2.45, 2.75) is 84.5 Å². The van der Waals surface area contributed by atoms with E-state index in [1.807, 2.05) is 12.2 Å². The minimum Gasteiger partial charge on any atom is -0.486 e. The van der Waals surface area contributed by atoms with Gasteiger partial charge in [0.05, 0.1) is 19.4 Å². The number of aliphatic imine (C=N–C) groups is 1. The van der Waals surface area contributed by atoms with Gasteiger partial charge in [0.25, 0.3) is 0 Å². The zero-order valence-corrected chi connectivity index (χ0v) is 20.4. The molecule has 6 heteroatoms. The summed E-state index contributed by atoms with van der Waals surface area (Å²) in [6.45, 7) is 15.2. The molecule has 1 saturated carbocycles. The standard InChI is InChI=1S/C20H30N2O2.C4H9NO.C2H4/c1-3-16-8-7-11-19(24-18-12-13-23-14-18)20(16)22-15(2)21-17-9-5-4-6-10-17;1-3(2)4(5)6;1-2/h3,7-8,11,15,17-18,21H,4-6,9-10,12-14H2,1-2H3;3H,1-2H3,(H2,5,6);1-2H2/b16-3-,22-20+;;. The van der Waals surface area contributed by atoms with Crippen molar-refractivity contribution in [1.29, 1.82) is 0 Å². The van der Waals surface area contributed by atoms with Crippen molar-refractivity contribution >= 4 is 11.6 Å². The largest absolute Gasteiger partial charge is 0.486 e. The number of hydrogen-bond acceptors (Lipinski definition) is 5. The van der Waals surface area contributed by atoms with Gasteiger partial charge in [-0.3, -0.25) is 15.1 Å². The lowest BCUT2D eigenvalue weighted by atomic mass is 9.95. The van der Waals surface area contributed by atoms with Crippen LogP contribution in [0.3, 0.4) is 0 Å². The quantitative estimate of drug-likeness (QED) is 0.573. The maximum Gasteiger partial charge on any atom is 0.219 e. The van der Waals surface area contributed by atoms with Crippen LogP contribution in [0.1, 0.15) is 66.2 Å². The number of carbonyl (C=O) groups excluding carboxylic acids is 1. The molecule has 2 fully saturated rings. The zero-order valence-electron chi connectivity index (χ0n) is 20.4. The molecule has 2 atom stereocenters. The third-order valence-electron chi connectivity index (χ3n) is 5.50. The maximum atomic E-state index is 9.92. The van der Waals surface area contributed by atoms with Crippen LogP contribution in [0.4, 0.5) is 0 Å². The molecule has 6 nitrogen and oxygen atoms in total. The van der Waals surface area contributed by atoms with Crippen molar-refractivity contribution in [3.05, 3.63) is 48.8 Å². The third kappa shape index (κ3) is 9.96. The Bertz CT molecular complexity index is 682. The highest BCUT2D eigenvalue weighted by Gasteiger charge is 2.23. The number of rotatable bonds is 6. The van der Waals surface area contributed by atoms with E-state index in [1.54, 1.807) is 13.8 Å². The van der Waals surface area contributed by atoms with Crippen molar-refractivity contribution in [1.82, 2.24) is 5.32 Å². The van der Waals surface area contributed by atoms with E-state index in [0.29, 0.717) is 12.6 Å². The van der Waals surface area contributed by atoms with Crippen LogP contribution in [0.15, 0.2) is 53.8 Å². The van der Waals surface area contributed by atoms with E-state index in [2.05, 4.69) is 44.5 Å². The smallest absolute Gasteiger partial charge is 0.219 e. The highest BCUT2D eigenvalue weighted by Crippen LogP contribution is 2.23. The molecule has 32 heavy (non-hydrogen) atoms. The lowest BCUT2D eigenvalue weighted by Crippen LogP contribution is -2.37. The van der Waals surface area contributed by atoms with Crippen LogP contribution in [0.5, 0.6) is 0 Å². The minimum absolute atomic E-state index is 0.00926. The highest BCUT2D eigenvalue weighted by molar-refractivity contribution is 6.14. The fourth-order valence-corrected chi connectivity index (χ4v) is 3.63. The van der Waals surface area contributed by atoms with Crippen molar-refractivity contribution < 1.29 is 14.3 Å². The predicted molar refractivity (Wildman–Crippen MR) is 133 cm³/mol. The van der Waals surface area contributed by atoms with E-state index in [9.17, 15) is 4.79 Å². The number of carbonyl (C=O) groups is 1. The lowest BCUT2D eigenvalue weighted by Gasteiger charge is -2.26. The summed E-state index contributed by atoms with van der Waals surface area (Å²) in [5.74, 6) is 0.624. The highest BCUT2D eigenvalue weighted by atomic mass is 16.5. The van der Waals surface area contributed by atoms with Crippen LogP contribution in [0.25, 0.3) is 0 Å². The molecule has 180 valence electrons. The normalized spacial score (nSPS) is 24.3. The molecule has 1 saturated heterocycles. The van der Waals surface area contributed by atoms with Crippen molar-refractivity contribution in [2.75, 3.05) is 13.2 Å². The first-order valence-electron chi connectivity index (χ1n) is 11.8. The predicted octanol–water partition coefficient (Wildman–Crippen LogP) is 4.83. The van der Waals surface area contributed by atoms with E-state index in [4.69, 9.17) is 20.2 Å². The van der Waals surface area contributed by atoms with Gasteiger partial charge in [0.15, 0.2) is 0 Å². The van der Waals surface area contributed by atoms with Crippen LogP contribution in [-0.2, 0) is 14.3 Å². The summed E-state index contributed by atoms with van der Waals surface area (Å²) < 4.78 is 11.6. The first-order chi connectivity index (χ1) is 15.4. The Hall–Kier alpha value is -2.18. The number of allylic oxidation sites excluding steroid dienone is 5. The van der Waals surface area contributed by atoms with E-state index in [1.165, 1.54) is 32.1 Å². The molecular weight excluding hydrogens is 402 g/mol. The average molecular weight is 446 g/mol. The number of primary amides is 1. The Morgan fingerprint density at radius 3 is 2.44 bits per heavy atom. The van der Waals surface area contributed by atoms with Gasteiger partial charge in [-0.2, -0.15) is 0 Å². The molecule has 0 radical (unpaired) electrons. The van der Waals surface area contributed by atoms with Gasteiger partial charge in [-0.1, -0.05) is 51.3 Å². The zero-order chi connectivity index (χ0) is 23.9. The molecule has 3 aliphatic rings. The summed E-state index contributed by atoms with van der Waals surface area (Å²) in [6.07, 6.45) is 16.0. The second kappa shape index (κ2) is 15.6. The van der Waals surface area contributed by atoms with Gasteiger partial charge >= 0.3 is 0 Å². The van der Waals surface area contributed by atoms with Gasteiger partial charge in [0.2, 0.25) is 5.91 Å². The van der Waals surface area contributed by atoms with E-state index >= 15 is 0 Å². The molecule has 0 bridgehead atoms. The fraction of sp³-hybridized carbons (Fsp3) is 0.615. The first-order valence-corrected chi connectivity index (χ1v) is 11.8. The van der Waals surface area contributed by atoms with Gasteiger partial charge < -0.3 is 15.2 Å². The summed E-state index contributed by atoms with van der Waals surface area (Å²) in [6, 6.07) is 0.600. The van der Waals surface area contributed by atoms with Gasteiger partial charge in [0, 0.05) is 18.4 Å². The van der Waals surface area contributed by atoms with Crippen LogP contribution >= 0.6 is 0 Å². The Balaban J connectivity index is 0.000000556. The molecule has 3 N–H and O–H groups in total. The minimum atomic E-state index is -0.241. The monoisotopic (exact) mass is 445 g/mol. The van der Waals surface area contributed by atoms with E-state index in [-0.39, 0.29) is 24.1 Å². The summed E-state index contributed by atoms with van der Waals surface area (Å²) in [7, 11) is 0. The van der Waals surface area contributed by atoms with E-state index in [0.717, 1.165) is 30.1 Å². The number of hydrogen-bond donors (Lipinski definition) is 2. The molecule has 1 amide bonds. The molecular formula is C26H43N3O3.